The molecule has 1 fully saturated rings. The van der Waals surface area contributed by atoms with Crippen LogP contribution in [0.4, 0.5) is 0 Å². The first-order chi connectivity index (χ1) is 9.58. The Morgan fingerprint density at radius 3 is 2.65 bits per heavy atom. The van der Waals surface area contributed by atoms with Gasteiger partial charge in [-0.3, -0.25) is 9.58 Å². The summed E-state index contributed by atoms with van der Waals surface area (Å²) in [5.41, 5.74) is 8.01. The molecular weight excluding hydrogens is 272 g/mol. The van der Waals surface area contributed by atoms with Gasteiger partial charge in [-0.15, -0.1) is 0 Å². The largest absolute Gasteiger partial charge is 0.330 e. The van der Waals surface area contributed by atoms with Crippen LogP contribution in [0.5, 0.6) is 0 Å². The van der Waals surface area contributed by atoms with Gasteiger partial charge in [0.1, 0.15) is 0 Å². The first-order valence-electron chi connectivity index (χ1n) is 7.70. The molecule has 1 aromatic heterocycles. The van der Waals surface area contributed by atoms with Crippen LogP contribution in [0, 0.1) is 12.8 Å². The van der Waals surface area contributed by atoms with E-state index in [1.54, 1.807) is 0 Å². The smallest absolute Gasteiger partial charge is 0.0860 e. The number of nitrogens with two attached hydrogens (primary N) is 1. The number of nitrogens with zero attached hydrogens (tertiary/aromatic N) is 3. The Kier molecular flexibility index (Phi) is 5.47. The molecule has 4 nitrogen and oxygen atoms in total. The van der Waals surface area contributed by atoms with Crippen LogP contribution in [0.3, 0.4) is 0 Å². The van der Waals surface area contributed by atoms with Gasteiger partial charge >= 0.3 is 0 Å². The van der Waals surface area contributed by atoms with Crippen LogP contribution in [0.25, 0.3) is 0 Å². The topological polar surface area (TPSA) is 47.1 Å². The van der Waals surface area contributed by atoms with Gasteiger partial charge < -0.3 is 5.73 Å². The van der Waals surface area contributed by atoms with Crippen molar-refractivity contribution in [3.05, 3.63) is 16.4 Å². The Labute approximate surface area is 127 Å². The lowest BCUT2D eigenvalue weighted by Crippen LogP contribution is -2.44. The fourth-order valence-electron chi connectivity index (χ4n) is 3.45. The van der Waals surface area contributed by atoms with E-state index in [9.17, 15) is 0 Å². The third-order valence-corrected chi connectivity index (χ3v) is 5.15. The van der Waals surface area contributed by atoms with Crippen molar-refractivity contribution in [2.24, 2.45) is 18.7 Å². The summed E-state index contributed by atoms with van der Waals surface area (Å²) in [5, 5.41) is 5.23. The highest BCUT2D eigenvalue weighted by Gasteiger charge is 2.29. The zero-order valence-electron chi connectivity index (χ0n) is 12.9. The van der Waals surface area contributed by atoms with Crippen molar-refractivity contribution >= 4 is 11.6 Å². The van der Waals surface area contributed by atoms with E-state index in [1.165, 1.54) is 25.7 Å². The number of rotatable bonds is 5. The summed E-state index contributed by atoms with van der Waals surface area (Å²) in [6, 6.07) is 0.588. The average Bonchev–Trinajstić information content (AvgIpc) is 2.70. The van der Waals surface area contributed by atoms with Crippen LogP contribution in [-0.2, 0) is 13.6 Å². The van der Waals surface area contributed by atoms with E-state index < -0.39 is 0 Å². The first-order valence-corrected chi connectivity index (χ1v) is 8.08. The Morgan fingerprint density at radius 1 is 1.40 bits per heavy atom. The third-order valence-electron chi connectivity index (χ3n) is 4.66. The minimum Gasteiger partial charge on any atom is -0.330 e. The normalized spacial score (nSPS) is 23.5. The summed E-state index contributed by atoms with van der Waals surface area (Å²) >= 11 is 6.39. The molecule has 2 rings (SSSR count). The van der Waals surface area contributed by atoms with E-state index in [0.29, 0.717) is 12.0 Å². The zero-order valence-corrected chi connectivity index (χ0v) is 13.7. The van der Waals surface area contributed by atoms with E-state index in [0.717, 1.165) is 36.0 Å². The fraction of sp³-hybridized carbons (Fsp3) is 0.800. The summed E-state index contributed by atoms with van der Waals surface area (Å²) in [4.78, 5) is 2.53. The number of hydrogen-bond acceptors (Lipinski definition) is 3. The van der Waals surface area contributed by atoms with Gasteiger partial charge in [0.15, 0.2) is 0 Å². The predicted molar refractivity (Wildman–Crippen MR) is 83.8 cm³/mol. The van der Waals surface area contributed by atoms with Gasteiger partial charge in [-0.25, -0.2) is 0 Å². The lowest BCUT2D eigenvalue weighted by molar-refractivity contribution is 0.103. The molecule has 0 spiro atoms. The molecule has 1 heterocycles. The summed E-state index contributed by atoms with van der Waals surface area (Å²) in [6.45, 7) is 6.87. The Bertz CT molecular complexity index is 443. The van der Waals surface area contributed by atoms with Crippen molar-refractivity contribution in [3.63, 3.8) is 0 Å². The standard InChI is InChI=1S/C15H27ClN4/c1-4-20(13-8-6-5-7-12(13)9-17)10-14-15(16)11(2)18-19(14)3/h12-13H,4-10,17H2,1-3H3. The van der Waals surface area contributed by atoms with E-state index in [4.69, 9.17) is 17.3 Å². The van der Waals surface area contributed by atoms with Crippen molar-refractivity contribution in [1.29, 1.82) is 0 Å². The second-order valence-corrected chi connectivity index (χ2v) is 6.26. The van der Waals surface area contributed by atoms with Crippen molar-refractivity contribution < 1.29 is 0 Å². The molecule has 2 atom stereocenters. The molecule has 1 aliphatic rings. The molecule has 0 aromatic carbocycles. The number of hydrogen-bond donors (Lipinski definition) is 1. The Morgan fingerprint density at radius 2 is 2.10 bits per heavy atom. The fourth-order valence-corrected chi connectivity index (χ4v) is 3.67. The molecule has 5 heteroatoms. The van der Waals surface area contributed by atoms with Gasteiger partial charge in [0, 0.05) is 19.6 Å². The highest BCUT2D eigenvalue weighted by molar-refractivity contribution is 6.31. The summed E-state index contributed by atoms with van der Waals surface area (Å²) in [7, 11) is 1.98. The minimum absolute atomic E-state index is 0.588. The van der Waals surface area contributed by atoms with Gasteiger partial charge in [0.05, 0.1) is 16.4 Å². The molecule has 1 aromatic rings. The van der Waals surface area contributed by atoms with Crippen LogP contribution in [0.15, 0.2) is 0 Å². The van der Waals surface area contributed by atoms with Crippen molar-refractivity contribution in [2.75, 3.05) is 13.1 Å². The monoisotopic (exact) mass is 298 g/mol. The summed E-state index contributed by atoms with van der Waals surface area (Å²) in [5.74, 6) is 0.622. The highest BCUT2D eigenvalue weighted by atomic mass is 35.5. The van der Waals surface area contributed by atoms with Crippen LogP contribution in [0.2, 0.25) is 5.02 Å². The van der Waals surface area contributed by atoms with E-state index in [2.05, 4.69) is 16.9 Å². The molecular formula is C15H27ClN4. The highest BCUT2D eigenvalue weighted by Crippen LogP contribution is 2.30. The molecule has 20 heavy (non-hydrogen) atoms. The second-order valence-electron chi connectivity index (χ2n) is 5.88. The number of aryl methyl sites for hydroxylation is 2. The van der Waals surface area contributed by atoms with Gasteiger partial charge in [-0.05, 0) is 38.8 Å². The molecule has 0 saturated heterocycles. The molecule has 114 valence electrons. The molecule has 2 unspecified atom stereocenters. The molecule has 1 aliphatic carbocycles. The van der Waals surface area contributed by atoms with Crippen LogP contribution < -0.4 is 5.73 Å². The van der Waals surface area contributed by atoms with Gasteiger partial charge in [-0.1, -0.05) is 31.4 Å². The predicted octanol–water partition coefficient (Wildman–Crippen LogP) is 2.72. The van der Waals surface area contributed by atoms with E-state index in [1.807, 2.05) is 18.7 Å². The van der Waals surface area contributed by atoms with Gasteiger partial charge in [0.25, 0.3) is 0 Å². The summed E-state index contributed by atoms with van der Waals surface area (Å²) in [6.07, 6.45) is 5.15. The molecule has 2 N–H and O–H groups in total. The average molecular weight is 299 g/mol. The van der Waals surface area contributed by atoms with Crippen molar-refractivity contribution in [1.82, 2.24) is 14.7 Å². The minimum atomic E-state index is 0.588. The molecule has 0 amide bonds. The van der Waals surface area contributed by atoms with Crippen molar-refractivity contribution in [2.45, 2.75) is 52.1 Å². The molecule has 0 bridgehead atoms. The maximum Gasteiger partial charge on any atom is 0.0860 e. The van der Waals surface area contributed by atoms with Crippen LogP contribution >= 0.6 is 11.6 Å². The quantitative estimate of drug-likeness (QED) is 0.909. The molecule has 0 radical (unpaired) electrons. The van der Waals surface area contributed by atoms with E-state index in [-0.39, 0.29) is 0 Å². The zero-order chi connectivity index (χ0) is 14.7. The SMILES string of the molecule is CCN(Cc1c(Cl)c(C)nn1C)C1CCCCC1CN. The Hall–Kier alpha value is -0.580. The number of halogens is 1. The maximum atomic E-state index is 6.39. The van der Waals surface area contributed by atoms with Crippen LogP contribution in [0.1, 0.15) is 44.0 Å². The number of aromatic nitrogens is 2. The third kappa shape index (κ3) is 3.18. The maximum absolute atomic E-state index is 6.39. The second kappa shape index (κ2) is 6.92. The lowest BCUT2D eigenvalue weighted by atomic mass is 9.83. The Balaban J connectivity index is 2.15. The van der Waals surface area contributed by atoms with Crippen molar-refractivity contribution in [3.8, 4) is 0 Å². The summed E-state index contributed by atoms with van der Waals surface area (Å²) < 4.78 is 1.92. The lowest BCUT2D eigenvalue weighted by Gasteiger charge is -2.39. The molecule has 0 aliphatic heterocycles. The van der Waals surface area contributed by atoms with Gasteiger partial charge in [0.2, 0.25) is 0 Å². The first kappa shape index (κ1) is 15.8. The van der Waals surface area contributed by atoms with E-state index >= 15 is 0 Å². The van der Waals surface area contributed by atoms with Gasteiger partial charge in [-0.2, -0.15) is 5.10 Å². The molecule has 1 saturated carbocycles. The van der Waals surface area contributed by atoms with Crippen LogP contribution in [-0.4, -0.2) is 33.8 Å².